The smallest absolute Gasteiger partial charge is 0.0637 e. The van der Waals surface area contributed by atoms with Crippen LogP contribution in [0.2, 0.25) is 0 Å². The van der Waals surface area contributed by atoms with Gasteiger partial charge in [0.2, 0.25) is 0 Å². The molecule has 1 unspecified atom stereocenters. The van der Waals surface area contributed by atoms with Gasteiger partial charge in [0.05, 0.1) is 6.10 Å². The number of rotatable bonds is 6. The minimum atomic E-state index is -0.256. The van der Waals surface area contributed by atoms with E-state index in [0.29, 0.717) is 0 Å². The maximum atomic E-state index is 10.00. The number of aryl methyl sites for hydroxylation is 1. The third-order valence-corrected chi connectivity index (χ3v) is 4.55. The molecular formula is C16H17BrOS. The van der Waals surface area contributed by atoms with Gasteiger partial charge in [0.25, 0.3) is 0 Å². The van der Waals surface area contributed by atoms with Crippen molar-refractivity contribution in [3.8, 4) is 0 Å². The van der Waals surface area contributed by atoms with Crippen molar-refractivity contribution in [1.29, 1.82) is 0 Å². The van der Waals surface area contributed by atoms with E-state index in [2.05, 4.69) is 40.2 Å². The predicted octanol–water partition coefficient (Wildman–Crippen LogP) is 4.53. The average molecular weight is 337 g/mol. The van der Waals surface area contributed by atoms with Gasteiger partial charge in [-0.3, -0.25) is 0 Å². The molecule has 0 saturated heterocycles. The van der Waals surface area contributed by atoms with Gasteiger partial charge < -0.3 is 5.11 Å². The number of hydrogen-bond acceptors (Lipinski definition) is 2. The maximum Gasteiger partial charge on any atom is 0.0637 e. The largest absolute Gasteiger partial charge is 0.392 e. The van der Waals surface area contributed by atoms with Gasteiger partial charge in [0.1, 0.15) is 0 Å². The highest BCUT2D eigenvalue weighted by atomic mass is 79.9. The lowest BCUT2D eigenvalue weighted by atomic mass is 10.1. The maximum absolute atomic E-state index is 10.00. The Hall–Kier alpha value is -0.770. The fraction of sp³-hybridized carbons (Fsp3) is 0.250. The summed E-state index contributed by atoms with van der Waals surface area (Å²) in [6.45, 7) is 0. The minimum Gasteiger partial charge on any atom is -0.392 e. The van der Waals surface area contributed by atoms with Crippen LogP contribution < -0.4 is 0 Å². The van der Waals surface area contributed by atoms with E-state index < -0.39 is 0 Å². The third-order valence-electron chi connectivity index (χ3n) is 2.87. The van der Waals surface area contributed by atoms with E-state index in [1.54, 1.807) is 11.8 Å². The summed E-state index contributed by atoms with van der Waals surface area (Å²) in [5.41, 5.74) is 1.29. The fourth-order valence-electron chi connectivity index (χ4n) is 1.78. The summed E-state index contributed by atoms with van der Waals surface area (Å²) in [5.74, 6) is 0.745. The zero-order valence-corrected chi connectivity index (χ0v) is 13.0. The van der Waals surface area contributed by atoms with Gasteiger partial charge in [-0.15, -0.1) is 11.8 Å². The summed E-state index contributed by atoms with van der Waals surface area (Å²) in [4.78, 5) is 1.20. The molecule has 0 aliphatic heterocycles. The Morgan fingerprint density at radius 2 is 1.68 bits per heavy atom. The van der Waals surface area contributed by atoms with Crippen molar-refractivity contribution in [2.45, 2.75) is 23.8 Å². The van der Waals surface area contributed by atoms with Crippen LogP contribution in [0.5, 0.6) is 0 Å². The van der Waals surface area contributed by atoms with Crippen LogP contribution in [0.3, 0.4) is 0 Å². The zero-order chi connectivity index (χ0) is 13.5. The van der Waals surface area contributed by atoms with E-state index in [1.807, 2.05) is 30.3 Å². The summed E-state index contributed by atoms with van der Waals surface area (Å²) in [7, 11) is 0. The highest BCUT2D eigenvalue weighted by Crippen LogP contribution is 2.22. The Labute approximate surface area is 127 Å². The molecule has 1 nitrogen and oxygen atoms in total. The molecule has 2 rings (SSSR count). The molecule has 2 aromatic rings. The van der Waals surface area contributed by atoms with Gasteiger partial charge in [0, 0.05) is 15.1 Å². The van der Waals surface area contributed by atoms with E-state index in [0.717, 1.165) is 23.1 Å². The average Bonchev–Trinajstić information content (AvgIpc) is 2.45. The molecule has 0 bridgehead atoms. The third kappa shape index (κ3) is 5.39. The molecule has 1 N–H and O–H groups in total. The Balaban J connectivity index is 1.72. The van der Waals surface area contributed by atoms with Crippen molar-refractivity contribution in [3.63, 3.8) is 0 Å². The quantitative estimate of drug-likeness (QED) is 0.781. The van der Waals surface area contributed by atoms with E-state index in [-0.39, 0.29) is 6.10 Å². The van der Waals surface area contributed by atoms with Crippen LogP contribution in [0.1, 0.15) is 12.0 Å². The van der Waals surface area contributed by atoms with Crippen LogP contribution in [-0.4, -0.2) is 17.0 Å². The van der Waals surface area contributed by atoms with Crippen LogP contribution in [-0.2, 0) is 6.42 Å². The van der Waals surface area contributed by atoms with Crippen LogP contribution >= 0.6 is 27.7 Å². The second-order valence-electron chi connectivity index (χ2n) is 4.44. The van der Waals surface area contributed by atoms with Crippen molar-refractivity contribution in [2.24, 2.45) is 0 Å². The monoisotopic (exact) mass is 336 g/mol. The molecule has 2 aromatic carbocycles. The highest BCUT2D eigenvalue weighted by Gasteiger charge is 2.05. The van der Waals surface area contributed by atoms with E-state index in [1.165, 1.54) is 10.5 Å². The number of halogens is 1. The Morgan fingerprint density at radius 1 is 1.00 bits per heavy atom. The normalized spacial score (nSPS) is 12.3. The van der Waals surface area contributed by atoms with Crippen molar-refractivity contribution >= 4 is 27.7 Å². The lowest BCUT2D eigenvalue weighted by Gasteiger charge is -2.10. The standard InChI is InChI=1S/C16H17BrOS/c17-14-7-10-16(11-8-14)19-12-15(18)9-6-13-4-2-1-3-5-13/h1-5,7-8,10-11,15,18H,6,9,12H2. The summed E-state index contributed by atoms with van der Waals surface area (Å²) >= 11 is 5.12. The van der Waals surface area contributed by atoms with Gasteiger partial charge in [-0.25, -0.2) is 0 Å². The van der Waals surface area contributed by atoms with Crippen molar-refractivity contribution in [2.75, 3.05) is 5.75 Å². The van der Waals surface area contributed by atoms with Crippen molar-refractivity contribution in [1.82, 2.24) is 0 Å². The van der Waals surface area contributed by atoms with Gasteiger partial charge in [-0.1, -0.05) is 46.3 Å². The second kappa shape index (κ2) is 7.73. The summed E-state index contributed by atoms with van der Waals surface area (Å²) in [6.07, 6.45) is 1.49. The number of aliphatic hydroxyl groups excluding tert-OH is 1. The lowest BCUT2D eigenvalue weighted by Crippen LogP contribution is -2.10. The first-order chi connectivity index (χ1) is 9.24. The Kier molecular flexibility index (Phi) is 5.95. The molecule has 3 heteroatoms. The summed E-state index contributed by atoms with van der Waals surface area (Å²) in [6, 6.07) is 18.5. The molecule has 0 saturated carbocycles. The lowest BCUT2D eigenvalue weighted by molar-refractivity contribution is 0.189. The molecule has 0 radical (unpaired) electrons. The molecule has 0 heterocycles. The van der Waals surface area contributed by atoms with Crippen molar-refractivity contribution in [3.05, 3.63) is 64.6 Å². The first kappa shape index (κ1) is 14.6. The number of benzene rings is 2. The molecule has 100 valence electrons. The highest BCUT2D eigenvalue weighted by molar-refractivity contribution is 9.10. The number of aliphatic hydroxyl groups is 1. The van der Waals surface area contributed by atoms with Gasteiger partial charge in [0.15, 0.2) is 0 Å². The van der Waals surface area contributed by atoms with Crippen molar-refractivity contribution < 1.29 is 5.11 Å². The van der Waals surface area contributed by atoms with Crippen LogP contribution in [0.15, 0.2) is 64.0 Å². The first-order valence-electron chi connectivity index (χ1n) is 6.34. The number of hydrogen-bond donors (Lipinski definition) is 1. The molecule has 1 atom stereocenters. The molecular weight excluding hydrogens is 320 g/mol. The fourth-order valence-corrected chi connectivity index (χ4v) is 2.93. The molecule has 0 amide bonds. The van der Waals surface area contributed by atoms with Gasteiger partial charge in [-0.2, -0.15) is 0 Å². The van der Waals surface area contributed by atoms with Gasteiger partial charge in [-0.05, 0) is 42.7 Å². The molecule has 0 spiro atoms. The van der Waals surface area contributed by atoms with Gasteiger partial charge >= 0.3 is 0 Å². The van der Waals surface area contributed by atoms with Crippen LogP contribution in [0, 0.1) is 0 Å². The first-order valence-corrected chi connectivity index (χ1v) is 8.12. The van der Waals surface area contributed by atoms with Crippen LogP contribution in [0.4, 0.5) is 0 Å². The predicted molar refractivity (Wildman–Crippen MR) is 85.6 cm³/mol. The molecule has 19 heavy (non-hydrogen) atoms. The van der Waals surface area contributed by atoms with Crippen LogP contribution in [0.25, 0.3) is 0 Å². The molecule has 0 aliphatic rings. The second-order valence-corrected chi connectivity index (χ2v) is 6.45. The summed E-state index contributed by atoms with van der Waals surface area (Å²) < 4.78 is 1.08. The topological polar surface area (TPSA) is 20.2 Å². The minimum absolute atomic E-state index is 0.256. The number of thioether (sulfide) groups is 1. The van der Waals surface area contributed by atoms with E-state index in [4.69, 9.17) is 0 Å². The Bertz CT molecular complexity index is 484. The molecule has 0 fully saturated rings. The van der Waals surface area contributed by atoms with E-state index in [9.17, 15) is 5.11 Å². The zero-order valence-electron chi connectivity index (χ0n) is 10.6. The molecule has 0 aliphatic carbocycles. The molecule has 0 aromatic heterocycles. The summed E-state index contributed by atoms with van der Waals surface area (Å²) in [5, 5.41) is 10.00. The Morgan fingerprint density at radius 3 is 2.37 bits per heavy atom. The van der Waals surface area contributed by atoms with E-state index >= 15 is 0 Å². The SMILES string of the molecule is OC(CCc1ccccc1)CSc1ccc(Br)cc1.